The molecule has 0 aliphatic carbocycles. The maximum absolute atomic E-state index is 14.6. The van der Waals surface area contributed by atoms with Crippen molar-refractivity contribution in [3.8, 4) is 28.2 Å². The number of aromatic nitrogens is 3. The summed E-state index contributed by atoms with van der Waals surface area (Å²) in [6.07, 6.45) is 0.580. The third-order valence-corrected chi connectivity index (χ3v) is 17.8. The fraction of sp³-hybridized carbons (Fsp3) is 0.405. The molecule has 0 bridgehead atoms. The van der Waals surface area contributed by atoms with Gasteiger partial charge in [-0.1, -0.05) is 152 Å². The highest BCUT2D eigenvalue weighted by Gasteiger charge is 2.42. The highest BCUT2D eigenvalue weighted by molar-refractivity contribution is 6.02. The number of hydrogen-bond donors (Lipinski definition) is 11. The molecule has 13 N–H and O–H groups in total. The Labute approximate surface area is 588 Å². The Kier molecular flexibility index (Phi) is 26.3. The molecule has 0 saturated carbocycles. The van der Waals surface area contributed by atoms with Gasteiger partial charge in [-0.3, -0.25) is 38.9 Å². The molecule has 27 nitrogen and oxygen atoms in total. The number of nitrogens with one attached hydrogen (secondary N) is 7. The van der Waals surface area contributed by atoms with Crippen LogP contribution in [0.4, 0.5) is 26.7 Å². The first-order chi connectivity index (χ1) is 47.7. The first-order valence-electron chi connectivity index (χ1n) is 33.4. The number of nitrogens with two attached hydrogens (primary N) is 2. The van der Waals surface area contributed by atoms with Crippen molar-refractivity contribution in [2.45, 2.75) is 156 Å². The van der Waals surface area contributed by atoms with Crippen molar-refractivity contribution in [3.63, 3.8) is 0 Å². The van der Waals surface area contributed by atoms with Gasteiger partial charge in [-0.2, -0.15) is 0 Å². The van der Waals surface area contributed by atoms with Gasteiger partial charge in [0, 0.05) is 59.9 Å². The second-order valence-electron chi connectivity index (χ2n) is 27.5. The van der Waals surface area contributed by atoms with E-state index in [1.165, 1.54) is 11.8 Å². The summed E-state index contributed by atoms with van der Waals surface area (Å²) in [6, 6.07) is 28.6. The fourth-order valence-corrected chi connectivity index (χ4v) is 12.0. The van der Waals surface area contributed by atoms with Crippen LogP contribution < -0.4 is 53.6 Å². The predicted octanol–water partition coefficient (Wildman–Crippen LogP) is 7.55. The number of hydrogen-bond acceptors (Lipinski definition) is 15. The molecular weight excluding hydrogens is 1290 g/mol. The highest BCUT2D eigenvalue weighted by atomic mass is 16.5. The van der Waals surface area contributed by atoms with Crippen molar-refractivity contribution in [1.82, 2.24) is 46.5 Å². The summed E-state index contributed by atoms with van der Waals surface area (Å²) >= 11 is 0. The third-order valence-electron chi connectivity index (χ3n) is 17.8. The number of amides is 9. The summed E-state index contributed by atoms with van der Waals surface area (Å²) in [5, 5.41) is 47.9. The normalized spacial score (nSPS) is 14.0. The average molecular weight is 1390 g/mol. The lowest BCUT2D eigenvalue weighted by molar-refractivity contribution is -0.141. The number of para-hydroxylation sites is 1. The Morgan fingerprint density at radius 2 is 1.38 bits per heavy atom. The Balaban J connectivity index is 0.962. The van der Waals surface area contributed by atoms with Gasteiger partial charge in [-0.15, -0.1) is 5.10 Å². The molecule has 0 saturated heterocycles. The summed E-state index contributed by atoms with van der Waals surface area (Å²) in [5.41, 5.74) is 16.6. The van der Waals surface area contributed by atoms with Crippen molar-refractivity contribution in [1.29, 1.82) is 0 Å². The molecular formula is C74H94N14O13. The van der Waals surface area contributed by atoms with E-state index in [0.717, 1.165) is 11.1 Å². The number of anilines is 3. The van der Waals surface area contributed by atoms with Gasteiger partial charge in [0.25, 0.3) is 0 Å². The zero-order valence-corrected chi connectivity index (χ0v) is 59.2. The number of nitrogens with zero attached hydrogens (tertiary/aromatic N) is 5. The SMILES string of the molecule is CN[C@@H](C(=O)N[C@H](C(=O)N(C)[C@H](/C=C(\C)C(=O)O)C(C)C)C(C)(C)C)C(C)(C)c1cccc(NC(=O)OCc2ccc(NC(=O)[C@H](CCCNC(N)=O)NC(=O)[C@@H](NC(=O)CCC(=O)N3Cc4ccccc4-c4nnn(-c5ccc(C[C@H](N)C(=O)O)cc5)c4-c4ccccc43)C(C)C)cc2)c1. The molecule has 9 amide bonds. The predicted molar refractivity (Wildman–Crippen MR) is 383 cm³/mol. The van der Waals surface area contributed by atoms with Crippen LogP contribution in [0.25, 0.3) is 28.2 Å². The molecule has 0 radical (unpaired) electrons. The lowest BCUT2D eigenvalue weighted by atomic mass is 9.76. The zero-order valence-electron chi connectivity index (χ0n) is 59.2. The summed E-state index contributed by atoms with van der Waals surface area (Å²) in [5.74, 6) is -5.95. The Hall–Kier alpha value is -10.8. The third kappa shape index (κ3) is 20.2. The number of fused-ring (bicyclic) bond motifs is 5. The standard InChI is InChI=1S/C74H94N14O13/c1-42(2)57(37-44(5)69(95)96)86(12)68(94)64(73(6,7)8)83-67(93)63(77-11)74(9,10)48-20-17-21-50(39-48)80-72(100)101-41-46-26-30-49(31-27-46)79-65(91)55(24-18-36-78-71(76)99)81-66(92)60(43(3)4)82-58(89)34-35-59(90)87-40-47-19-13-14-22-52(47)61-62(53-23-15-16-25-56(53)87)88(85-84-61)51-32-28-45(29-33-51)38-54(75)70(97)98/h13-17,19-23,25-33,37,39,42-43,54-55,57,60,63-64,77H,18,24,34-36,38,40-41,75H2,1-12H3,(H,79,91)(H,80,100)(H,81,92)(H,82,89)(H,83,93)(H,95,96)(H,97,98)(H3,76,78,99)/b44-37+/t54-,55-,57+,60-,63-,64+/m0/s1. The van der Waals surface area contributed by atoms with E-state index >= 15 is 0 Å². The summed E-state index contributed by atoms with van der Waals surface area (Å²) in [6.45, 7) is 17.9. The fourth-order valence-electron chi connectivity index (χ4n) is 12.0. The molecule has 538 valence electrons. The van der Waals surface area contributed by atoms with E-state index in [0.29, 0.717) is 56.4 Å². The van der Waals surface area contributed by atoms with Crippen LogP contribution in [0.5, 0.6) is 0 Å². The maximum Gasteiger partial charge on any atom is 0.411 e. The molecule has 1 aromatic heterocycles. The zero-order chi connectivity index (χ0) is 74.2. The van der Waals surface area contributed by atoms with E-state index in [-0.39, 0.29) is 75.1 Å². The molecule has 0 fully saturated rings. The summed E-state index contributed by atoms with van der Waals surface area (Å²) < 4.78 is 7.24. The number of carbonyl (C=O) groups excluding carboxylic acids is 8. The van der Waals surface area contributed by atoms with Crippen LogP contribution in [-0.4, -0.2) is 147 Å². The van der Waals surface area contributed by atoms with Crippen LogP contribution in [0.1, 0.15) is 117 Å². The minimum absolute atomic E-state index is 0.0435. The van der Waals surface area contributed by atoms with Crippen molar-refractivity contribution >= 4 is 76.6 Å². The lowest BCUT2D eigenvalue weighted by Gasteiger charge is -2.40. The first kappa shape index (κ1) is 77.6. The first-order valence-corrected chi connectivity index (χ1v) is 33.4. The molecule has 1 aliphatic rings. The van der Waals surface area contributed by atoms with Crippen molar-refractivity contribution in [2.75, 3.05) is 36.2 Å². The summed E-state index contributed by atoms with van der Waals surface area (Å²) in [7, 11) is 3.23. The molecule has 0 spiro atoms. The molecule has 27 heteroatoms. The van der Waals surface area contributed by atoms with Crippen LogP contribution in [0.3, 0.4) is 0 Å². The molecule has 101 heavy (non-hydrogen) atoms. The van der Waals surface area contributed by atoms with Crippen LogP contribution in [-0.2, 0) is 68.1 Å². The Morgan fingerprint density at radius 3 is 2.00 bits per heavy atom. The number of likely N-dealkylation sites (N-methyl/N-ethyl adjacent to an activating group) is 2. The smallest absolute Gasteiger partial charge is 0.411 e. The number of primary amides is 1. The second kappa shape index (κ2) is 34.3. The van der Waals surface area contributed by atoms with Gasteiger partial charge in [0.05, 0.1) is 30.0 Å². The van der Waals surface area contributed by atoms with E-state index < -0.39 is 101 Å². The van der Waals surface area contributed by atoms with E-state index in [1.807, 2.05) is 90.9 Å². The molecule has 5 aromatic carbocycles. The minimum Gasteiger partial charge on any atom is -0.480 e. The summed E-state index contributed by atoms with van der Waals surface area (Å²) in [4.78, 5) is 136. The van der Waals surface area contributed by atoms with E-state index in [9.17, 15) is 58.2 Å². The molecule has 0 unspecified atom stereocenters. The number of carboxylic acid groups (broad SMARTS) is 2. The molecule has 6 aromatic rings. The van der Waals surface area contributed by atoms with Crippen LogP contribution in [0.15, 0.2) is 133 Å². The number of urea groups is 1. The largest absolute Gasteiger partial charge is 0.480 e. The van der Waals surface area contributed by atoms with Gasteiger partial charge in [-0.05, 0) is 115 Å². The minimum atomic E-state index is -1.17. The number of carboxylic acids is 2. The molecule has 6 atom stereocenters. The molecule has 1 aliphatic heterocycles. The average Bonchev–Trinajstić information content (AvgIpc) is 1.55. The molecule has 2 heterocycles. The van der Waals surface area contributed by atoms with Crippen LogP contribution >= 0.6 is 0 Å². The van der Waals surface area contributed by atoms with Gasteiger partial charge < -0.3 is 68.1 Å². The number of carbonyl (C=O) groups is 10. The van der Waals surface area contributed by atoms with Crippen molar-refractivity contribution < 1.29 is 62.9 Å². The van der Waals surface area contributed by atoms with Gasteiger partial charge >= 0.3 is 24.1 Å². The van der Waals surface area contributed by atoms with E-state index in [2.05, 4.69) is 47.5 Å². The van der Waals surface area contributed by atoms with Crippen LogP contribution in [0.2, 0.25) is 0 Å². The Morgan fingerprint density at radius 1 is 0.723 bits per heavy atom. The van der Waals surface area contributed by atoms with Gasteiger partial charge in [0.15, 0.2) is 0 Å². The van der Waals surface area contributed by atoms with E-state index in [4.69, 9.17) is 16.2 Å². The van der Waals surface area contributed by atoms with Gasteiger partial charge in [-0.25, -0.2) is 19.1 Å². The highest BCUT2D eigenvalue weighted by Crippen LogP contribution is 2.42. The maximum atomic E-state index is 14.6. The number of benzene rings is 5. The van der Waals surface area contributed by atoms with Crippen LogP contribution in [0, 0.1) is 17.3 Å². The van der Waals surface area contributed by atoms with Gasteiger partial charge in [0.2, 0.25) is 35.4 Å². The number of rotatable bonds is 30. The number of ether oxygens (including phenoxy) is 1. The Bertz CT molecular complexity index is 4030. The van der Waals surface area contributed by atoms with Gasteiger partial charge in [0.1, 0.15) is 42.2 Å². The lowest BCUT2D eigenvalue weighted by Crippen LogP contribution is -2.61. The molecule has 7 rings (SSSR count). The second-order valence-corrected chi connectivity index (χ2v) is 27.5. The number of aliphatic carboxylic acids is 2. The van der Waals surface area contributed by atoms with Crippen molar-refractivity contribution in [2.24, 2.45) is 28.7 Å². The topological polar surface area (TPSA) is 394 Å². The van der Waals surface area contributed by atoms with Crippen molar-refractivity contribution in [3.05, 3.63) is 155 Å². The van der Waals surface area contributed by atoms with E-state index in [1.54, 1.807) is 122 Å². The quantitative estimate of drug-likeness (QED) is 0.0153. The monoisotopic (exact) mass is 1390 g/mol.